The van der Waals surface area contributed by atoms with Gasteiger partial charge in [-0.1, -0.05) is 24.3 Å². The number of fused-ring (bicyclic) bond motifs is 3. The Kier molecular flexibility index (Phi) is 3.23. The minimum Gasteiger partial charge on any atom is -0.496 e. The molecule has 5 heteroatoms. The van der Waals surface area contributed by atoms with Gasteiger partial charge in [-0.25, -0.2) is 13.5 Å². The topological polar surface area (TPSA) is 27.1 Å². The first kappa shape index (κ1) is 14.6. The summed E-state index contributed by atoms with van der Waals surface area (Å²) in [5.41, 5.74) is 1.73. The molecule has 4 rings (SSSR count). The average Bonchev–Trinajstić information content (AvgIpc) is 2.91. The molecule has 1 aromatic heterocycles. The highest BCUT2D eigenvalue weighted by Crippen LogP contribution is 2.36. The van der Waals surface area contributed by atoms with Crippen molar-refractivity contribution in [2.45, 2.75) is 6.92 Å². The third kappa shape index (κ3) is 2.05. The van der Waals surface area contributed by atoms with Gasteiger partial charge in [-0.2, -0.15) is 5.10 Å². The number of benzene rings is 3. The lowest BCUT2D eigenvalue weighted by atomic mass is 10.0. The normalized spacial score (nSPS) is 11.3. The van der Waals surface area contributed by atoms with E-state index in [4.69, 9.17) is 4.74 Å². The molecule has 0 saturated heterocycles. The summed E-state index contributed by atoms with van der Waals surface area (Å²) in [6.45, 7) is 1.86. The van der Waals surface area contributed by atoms with Gasteiger partial charge in [0.1, 0.15) is 17.3 Å². The van der Waals surface area contributed by atoms with Crippen LogP contribution in [-0.2, 0) is 0 Å². The second-order valence-electron chi connectivity index (χ2n) is 5.61. The molecule has 3 nitrogen and oxygen atoms in total. The second kappa shape index (κ2) is 5.30. The molecule has 24 heavy (non-hydrogen) atoms. The number of hydrogen-bond donors (Lipinski definition) is 0. The van der Waals surface area contributed by atoms with Crippen LogP contribution < -0.4 is 4.74 Å². The molecule has 4 aromatic rings. The van der Waals surface area contributed by atoms with Crippen LogP contribution in [0.5, 0.6) is 5.75 Å². The summed E-state index contributed by atoms with van der Waals surface area (Å²) in [4.78, 5) is 0. The van der Waals surface area contributed by atoms with Gasteiger partial charge in [0, 0.05) is 22.2 Å². The quantitative estimate of drug-likeness (QED) is 0.531. The number of nitrogens with zero attached hydrogens (tertiary/aromatic N) is 2. The first-order valence-electron chi connectivity index (χ1n) is 7.50. The molecule has 3 aromatic carbocycles. The van der Waals surface area contributed by atoms with E-state index in [-0.39, 0.29) is 5.69 Å². The minimum atomic E-state index is -0.653. The lowest BCUT2D eigenvalue weighted by molar-refractivity contribution is 0.420. The number of halogens is 2. The van der Waals surface area contributed by atoms with Crippen molar-refractivity contribution in [1.82, 2.24) is 9.78 Å². The standard InChI is InChI=1S/C19H14F2N2O/c1-11-15-10-18(24-2)13-5-3-4-6-14(13)19(15)23(22-11)17-8-7-12(20)9-16(17)21/h3-10H,1-2H3. The van der Waals surface area contributed by atoms with Gasteiger partial charge in [0.2, 0.25) is 0 Å². The Morgan fingerprint density at radius 1 is 0.958 bits per heavy atom. The molecule has 120 valence electrons. The van der Waals surface area contributed by atoms with Crippen LogP contribution in [0, 0.1) is 18.6 Å². The molecule has 0 saturated carbocycles. The van der Waals surface area contributed by atoms with Crippen molar-refractivity contribution in [3.63, 3.8) is 0 Å². The van der Waals surface area contributed by atoms with Gasteiger partial charge < -0.3 is 4.74 Å². The van der Waals surface area contributed by atoms with Crippen molar-refractivity contribution in [2.24, 2.45) is 0 Å². The van der Waals surface area contributed by atoms with Gasteiger partial charge in [0.15, 0.2) is 5.82 Å². The molecule has 0 fully saturated rings. The highest BCUT2D eigenvalue weighted by Gasteiger charge is 2.17. The smallest absolute Gasteiger partial charge is 0.151 e. The zero-order valence-corrected chi connectivity index (χ0v) is 13.2. The molecule has 1 heterocycles. The largest absolute Gasteiger partial charge is 0.496 e. The number of aromatic nitrogens is 2. The minimum absolute atomic E-state index is 0.213. The highest BCUT2D eigenvalue weighted by atomic mass is 19.1. The number of methoxy groups -OCH3 is 1. The van der Waals surface area contributed by atoms with Gasteiger partial charge >= 0.3 is 0 Å². The van der Waals surface area contributed by atoms with Gasteiger partial charge in [0.25, 0.3) is 0 Å². The fourth-order valence-electron chi connectivity index (χ4n) is 3.08. The second-order valence-corrected chi connectivity index (χ2v) is 5.61. The molecule has 0 spiro atoms. The van der Waals surface area contributed by atoms with Crippen molar-refractivity contribution in [3.8, 4) is 11.4 Å². The van der Waals surface area contributed by atoms with Crippen molar-refractivity contribution >= 4 is 21.7 Å². The maximum Gasteiger partial charge on any atom is 0.151 e. The van der Waals surface area contributed by atoms with Crippen LogP contribution in [0.2, 0.25) is 0 Å². The summed E-state index contributed by atoms with van der Waals surface area (Å²) in [7, 11) is 1.62. The predicted molar refractivity (Wildman–Crippen MR) is 89.8 cm³/mol. The maximum atomic E-state index is 14.3. The van der Waals surface area contributed by atoms with E-state index in [2.05, 4.69) is 5.10 Å². The molecule has 0 aliphatic heterocycles. The fourth-order valence-corrected chi connectivity index (χ4v) is 3.08. The zero-order valence-electron chi connectivity index (χ0n) is 13.2. The molecule has 0 atom stereocenters. The Hall–Kier alpha value is -2.95. The number of ether oxygens (including phenoxy) is 1. The molecule has 0 amide bonds. The van der Waals surface area contributed by atoms with Gasteiger partial charge in [-0.05, 0) is 25.1 Å². The van der Waals surface area contributed by atoms with E-state index in [9.17, 15) is 8.78 Å². The maximum absolute atomic E-state index is 14.3. The summed E-state index contributed by atoms with van der Waals surface area (Å²) >= 11 is 0. The van der Waals surface area contributed by atoms with E-state index < -0.39 is 11.6 Å². The lowest BCUT2D eigenvalue weighted by Gasteiger charge is -2.10. The van der Waals surface area contributed by atoms with Crippen molar-refractivity contribution in [1.29, 1.82) is 0 Å². The third-order valence-electron chi connectivity index (χ3n) is 4.19. The van der Waals surface area contributed by atoms with Crippen LogP contribution in [0.1, 0.15) is 5.69 Å². The predicted octanol–water partition coefficient (Wildman–Crippen LogP) is 4.77. The molecule has 0 radical (unpaired) electrons. The van der Waals surface area contributed by atoms with Gasteiger partial charge in [0.05, 0.1) is 18.3 Å². The molecular weight excluding hydrogens is 310 g/mol. The van der Waals surface area contributed by atoms with E-state index >= 15 is 0 Å². The summed E-state index contributed by atoms with van der Waals surface area (Å²) in [6, 6.07) is 13.1. The van der Waals surface area contributed by atoms with Crippen LogP contribution in [0.25, 0.3) is 27.4 Å². The summed E-state index contributed by atoms with van der Waals surface area (Å²) < 4.78 is 34.6. The highest BCUT2D eigenvalue weighted by molar-refractivity contribution is 6.09. The van der Waals surface area contributed by atoms with E-state index in [0.717, 1.165) is 39.2 Å². The number of hydrogen-bond acceptors (Lipinski definition) is 2. The fraction of sp³-hybridized carbons (Fsp3) is 0.105. The van der Waals surface area contributed by atoms with E-state index in [1.54, 1.807) is 7.11 Å². The van der Waals surface area contributed by atoms with Crippen molar-refractivity contribution in [2.75, 3.05) is 7.11 Å². The van der Waals surface area contributed by atoms with Gasteiger partial charge in [-0.3, -0.25) is 0 Å². The van der Waals surface area contributed by atoms with Gasteiger partial charge in [-0.15, -0.1) is 0 Å². The van der Waals surface area contributed by atoms with Crippen LogP contribution in [0.4, 0.5) is 8.78 Å². The van der Waals surface area contributed by atoms with Crippen LogP contribution in [-0.4, -0.2) is 16.9 Å². The SMILES string of the molecule is COc1cc2c(C)nn(-c3ccc(F)cc3F)c2c2ccccc12. The molecule has 0 aliphatic rings. The molecule has 0 bridgehead atoms. The van der Waals surface area contributed by atoms with E-state index in [1.807, 2.05) is 37.3 Å². The van der Waals surface area contributed by atoms with Crippen molar-refractivity contribution < 1.29 is 13.5 Å². The number of aryl methyl sites for hydroxylation is 1. The molecule has 0 aliphatic carbocycles. The summed E-state index contributed by atoms with van der Waals surface area (Å²) in [5.74, 6) is -0.532. The molecule has 0 unspecified atom stereocenters. The average molecular weight is 324 g/mol. The summed E-state index contributed by atoms with van der Waals surface area (Å²) in [5, 5.41) is 7.16. The van der Waals surface area contributed by atoms with Crippen molar-refractivity contribution in [3.05, 3.63) is 65.9 Å². The Balaban J connectivity index is 2.17. The molecular formula is C19H14F2N2O. The van der Waals surface area contributed by atoms with E-state index in [0.29, 0.717) is 0 Å². The summed E-state index contributed by atoms with van der Waals surface area (Å²) in [6.07, 6.45) is 0. The zero-order chi connectivity index (χ0) is 16.8. The Morgan fingerprint density at radius 2 is 1.71 bits per heavy atom. The van der Waals surface area contributed by atoms with Crippen LogP contribution >= 0.6 is 0 Å². The monoisotopic (exact) mass is 324 g/mol. The molecule has 0 N–H and O–H groups in total. The first-order chi connectivity index (χ1) is 11.6. The number of rotatable bonds is 2. The first-order valence-corrected chi connectivity index (χ1v) is 7.50. The lowest BCUT2D eigenvalue weighted by Crippen LogP contribution is -2.01. The Labute approximate surface area is 137 Å². The van der Waals surface area contributed by atoms with Crippen LogP contribution in [0.3, 0.4) is 0 Å². The third-order valence-corrected chi connectivity index (χ3v) is 4.19. The van der Waals surface area contributed by atoms with E-state index in [1.165, 1.54) is 16.8 Å². The Morgan fingerprint density at radius 3 is 2.42 bits per heavy atom. The van der Waals surface area contributed by atoms with Crippen LogP contribution in [0.15, 0.2) is 48.5 Å². The Bertz CT molecular complexity index is 1090.